The van der Waals surface area contributed by atoms with Crippen LogP contribution in [0.3, 0.4) is 0 Å². The van der Waals surface area contributed by atoms with Crippen molar-refractivity contribution in [2.75, 3.05) is 20.7 Å². The first kappa shape index (κ1) is 15.6. The molecule has 1 fully saturated rings. The van der Waals surface area contributed by atoms with Gasteiger partial charge in [0.2, 0.25) is 0 Å². The topological polar surface area (TPSA) is 67.9 Å². The first-order valence-corrected chi connectivity index (χ1v) is 6.51. The van der Waals surface area contributed by atoms with Crippen LogP contribution in [0.25, 0.3) is 0 Å². The summed E-state index contributed by atoms with van der Waals surface area (Å²) in [5.74, 6) is 0.323. The van der Waals surface area contributed by atoms with E-state index in [1.54, 1.807) is 14.1 Å². The third-order valence-electron chi connectivity index (χ3n) is 2.76. The molecule has 0 heterocycles. The zero-order chi connectivity index (χ0) is 14.6. The summed E-state index contributed by atoms with van der Waals surface area (Å²) < 4.78 is 10.3. The number of carbonyl (C=O) groups is 2. The minimum atomic E-state index is -0.478. The average molecular weight is 272 g/mol. The Morgan fingerprint density at radius 2 is 1.84 bits per heavy atom. The second-order valence-corrected chi connectivity index (χ2v) is 6.15. The molecule has 0 spiro atoms. The van der Waals surface area contributed by atoms with E-state index in [2.05, 4.69) is 5.32 Å². The van der Waals surface area contributed by atoms with Crippen molar-refractivity contribution in [1.29, 1.82) is 0 Å². The van der Waals surface area contributed by atoms with Crippen molar-refractivity contribution in [2.45, 2.75) is 45.3 Å². The number of ether oxygens (including phenoxy) is 2. The molecule has 1 saturated carbocycles. The molecule has 110 valence electrons. The molecule has 19 heavy (non-hydrogen) atoms. The van der Waals surface area contributed by atoms with E-state index in [-0.39, 0.29) is 18.2 Å². The highest BCUT2D eigenvalue weighted by Gasteiger charge is 2.32. The molecule has 0 aromatic rings. The van der Waals surface area contributed by atoms with Crippen molar-refractivity contribution < 1.29 is 19.1 Å². The quantitative estimate of drug-likeness (QED) is 0.853. The molecule has 0 aromatic carbocycles. The summed E-state index contributed by atoms with van der Waals surface area (Å²) in [6, 6.07) is 0.123. The second-order valence-electron chi connectivity index (χ2n) is 6.15. The molecule has 0 aliphatic heterocycles. The maximum Gasteiger partial charge on any atom is 0.409 e. The van der Waals surface area contributed by atoms with Crippen molar-refractivity contribution >= 4 is 12.2 Å². The van der Waals surface area contributed by atoms with E-state index in [0.29, 0.717) is 12.5 Å². The fraction of sp³-hybridized carbons (Fsp3) is 0.846. The van der Waals surface area contributed by atoms with Crippen LogP contribution >= 0.6 is 0 Å². The zero-order valence-electron chi connectivity index (χ0n) is 12.4. The van der Waals surface area contributed by atoms with Gasteiger partial charge >= 0.3 is 12.2 Å². The fourth-order valence-corrected chi connectivity index (χ4v) is 1.78. The molecular formula is C13H24N2O4. The Hall–Kier alpha value is -1.46. The summed E-state index contributed by atoms with van der Waals surface area (Å²) in [6.07, 6.45) is 0.921. The standard InChI is InChI=1S/C13H24N2O4/c1-13(2,3)19-11(16)14-10-6-9(7-10)8-18-12(17)15(4)5/h9-10H,6-8H2,1-5H3,(H,14,16). The monoisotopic (exact) mass is 272 g/mol. The molecular weight excluding hydrogens is 248 g/mol. The van der Waals surface area contributed by atoms with Crippen LogP contribution in [0.1, 0.15) is 33.6 Å². The minimum absolute atomic E-state index is 0.123. The predicted octanol–water partition coefficient (Wildman–Crippen LogP) is 1.99. The lowest BCUT2D eigenvalue weighted by atomic mass is 9.81. The van der Waals surface area contributed by atoms with Crippen molar-refractivity contribution in [2.24, 2.45) is 5.92 Å². The minimum Gasteiger partial charge on any atom is -0.449 e. The number of hydrogen-bond acceptors (Lipinski definition) is 4. The van der Waals surface area contributed by atoms with Crippen molar-refractivity contribution in [3.8, 4) is 0 Å². The van der Waals surface area contributed by atoms with Crippen molar-refractivity contribution in [1.82, 2.24) is 10.2 Å². The molecule has 0 bridgehead atoms. The van der Waals surface area contributed by atoms with Gasteiger partial charge in [0.25, 0.3) is 0 Å². The van der Waals surface area contributed by atoms with Crippen LogP contribution in [0, 0.1) is 5.92 Å². The Balaban J connectivity index is 2.14. The molecule has 1 aliphatic carbocycles. The van der Waals surface area contributed by atoms with Crippen LogP contribution in [0.4, 0.5) is 9.59 Å². The maximum atomic E-state index is 11.5. The summed E-state index contributed by atoms with van der Waals surface area (Å²) in [5.41, 5.74) is -0.478. The number of hydrogen-bond donors (Lipinski definition) is 1. The van der Waals surface area contributed by atoms with E-state index >= 15 is 0 Å². The number of carbonyl (C=O) groups excluding carboxylic acids is 2. The smallest absolute Gasteiger partial charge is 0.409 e. The van der Waals surface area contributed by atoms with E-state index in [9.17, 15) is 9.59 Å². The maximum absolute atomic E-state index is 11.5. The van der Waals surface area contributed by atoms with Gasteiger partial charge in [-0.2, -0.15) is 0 Å². The van der Waals surface area contributed by atoms with Gasteiger partial charge in [-0.1, -0.05) is 0 Å². The fourth-order valence-electron chi connectivity index (χ4n) is 1.78. The first-order valence-electron chi connectivity index (χ1n) is 6.51. The number of nitrogens with one attached hydrogen (secondary N) is 1. The van der Waals surface area contributed by atoms with Gasteiger partial charge in [-0.25, -0.2) is 9.59 Å². The molecule has 0 unspecified atom stereocenters. The summed E-state index contributed by atoms with van der Waals surface area (Å²) in [7, 11) is 3.30. The Kier molecular flexibility index (Phi) is 5.03. The van der Waals surface area contributed by atoms with E-state index in [0.717, 1.165) is 12.8 Å². The SMILES string of the molecule is CN(C)C(=O)OCC1CC(NC(=O)OC(C)(C)C)C1. The lowest BCUT2D eigenvalue weighted by Crippen LogP contribution is -2.47. The number of amides is 2. The summed E-state index contributed by atoms with van der Waals surface area (Å²) in [5, 5.41) is 2.80. The molecule has 0 aromatic heterocycles. The third-order valence-corrected chi connectivity index (χ3v) is 2.76. The van der Waals surface area contributed by atoms with Crippen molar-refractivity contribution in [3.63, 3.8) is 0 Å². The van der Waals surface area contributed by atoms with Crippen LogP contribution in [-0.2, 0) is 9.47 Å². The summed E-state index contributed by atoms with van der Waals surface area (Å²) >= 11 is 0. The molecule has 1 aliphatic rings. The highest BCUT2D eigenvalue weighted by molar-refractivity contribution is 5.68. The highest BCUT2D eigenvalue weighted by Crippen LogP contribution is 2.28. The molecule has 1 rings (SSSR count). The largest absolute Gasteiger partial charge is 0.449 e. The Labute approximate surface area is 114 Å². The summed E-state index contributed by atoms with van der Waals surface area (Å²) in [4.78, 5) is 24.1. The van der Waals surface area contributed by atoms with Crippen LogP contribution in [0.5, 0.6) is 0 Å². The average Bonchev–Trinajstić information content (AvgIpc) is 2.17. The van der Waals surface area contributed by atoms with E-state index in [1.165, 1.54) is 4.90 Å². The number of alkyl carbamates (subject to hydrolysis) is 1. The molecule has 0 radical (unpaired) electrons. The Morgan fingerprint density at radius 3 is 2.32 bits per heavy atom. The summed E-state index contributed by atoms with van der Waals surface area (Å²) in [6.45, 7) is 5.90. The first-order chi connectivity index (χ1) is 8.67. The highest BCUT2D eigenvalue weighted by atomic mass is 16.6. The number of nitrogens with zero attached hydrogens (tertiary/aromatic N) is 1. The lowest BCUT2D eigenvalue weighted by Gasteiger charge is -2.35. The van der Waals surface area contributed by atoms with E-state index in [1.807, 2.05) is 20.8 Å². The normalized spacial score (nSPS) is 22.2. The van der Waals surface area contributed by atoms with Crippen molar-refractivity contribution in [3.05, 3.63) is 0 Å². The molecule has 0 atom stereocenters. The molecule has 2 amide bonds. The van der Waals surface area contributed by atoms with Gasteiger partial charge in [0, 0.05) is 20.1 Å². The Bertz CT molecular complexity index is 330. The van der Waals surface area contributed by atoms with Gasteiger partial charge in [0.05, 0.1) is 6.61 Å². The lowest BCUT2D eigenvalue weighted by molar-refractivity contribution is 0.0378. The van der Waals surface area contributed by atoms with Gasteiger partial charge < -0.3 is 19.7 Å². The number of rotatable bonds is 3. The third kappa shape index (κ3) is 5.81. The van der Waals surface area contributed by atoms with Gasteiger partial charge in [-0.3, -0.25) is 0 Å². The van der Waals surface area contributed by atoms with Gasteiger partial charge in [0.15, 0.2) is 0 Å². The Morgan fingerprint density at radius 1 is 1.26 bits per heavy atom. The van der Waals surface area contributed by atoms with Gasteiger partial charge in [-0.05, 0) is 39.5 Å². The second kappa shape index (κ2) is 6.12. The van der Waals surface area contributed by atoms with Crippen LogP contribution in [0.2, 0.25) is 0 Å². The molecule has 6 nitrogen and oxygen atoms in total. The van der Waals surface area contributed by atoms with Gasteiger partial charge in [0.1, 0.15) is 5.60 Å². The van der Waals surface area contributed by atoms with Crippen LogP contribution < -0.4 is 5.32 Å². The van der Waals surface area contributed by atoms with E-state index in [4.69, 9.17) is 9.47 Å². The van der Waals surface area contributed by atoms with Gasteiger partial charge in [-0.15, -0.1) is 0 Å². The molecule has 6 heteroatoms. The molecule has 1 N–H and O–H groups in total. The van der Waals surface area contributed by atoms with Crippen LogP contribution in [0.15, 0.2) is 0 Å². The predicted molar refractivity (Wildman–Crippen MR) is 70.9 cm³/mol. The van der Waals surface area contributed by atoms with E-state index < -0.39 is 5.60 Å². The molecule has 0 saturated heterocycles. The zero-order valence-corrected chi connectivity index (χ0v) is 12.4. The van der Waals surface area contributed by atoms with Crippen LogP contribution in [-0.4, -0.2) is 49.4 Å².